The first-order chi connectivity index (χ1) is 5.68. The van der Waals surface area contributed by atoms with Crippen LogP contribution >= 0.6 is 0 Å². The van der Waals surface area contributed by atoms with Crippen LogP contribution in [0.25, 0.3) is 0 Å². The number of rotatable bonds is 7. The van der Waals surface area contributed by atoms with Crippen LogP contribution in [0.15, 0.2) is 24.6 Å². The largest absolute Gasteiger partial charge is 0.107 e. The summed E-state index contributed by atoms with van der Waals surface area (Å²) in [5, 5.41) is 0. The summed E-state index contributed by atoms with van der Waals surface area (Å²) in [6, 6.07) is 1.33. The maximum absolute atomic E-state index is 3.89. The van der Waals surface area contributed by atoms with Crippen LogP contribution in [-0.2, 0) is 0 Å². The van der Waals surface area contributed by atoms with E-state index >= 15 is 0 Å². The van der Waals surface area contributed by atoms with Crippen molar-refractivity contribution in [3.8, 4) is 0 Å². The van der Waals surface area contributed by atoms with Crippen LogP contribution in [0.1, 0.15) is 32.6 Å². The topological polar surface area (TPSA) is 0 Å². The Morgan fingerprint density at radius 3 is 2.08 bits per heavy atom. The van der Waals surface area contributed by atoms with E-state index in [0.29, 0.717) is 0 Å². The van der Waals surface area contributed by atoms with Gasteiger partial charge < -0.3 is 0 Å². The van der Waals surface area contributed by atoms with Crippen LogP contribution in [0.2, 0.25) is 12.6 Å². The predicted molar refractivity (Wildman–Crippen MR) is 61.0 cm³/mol. The Morgan fingerprint density at radius 2 is 1.67 bits per heavy atom. The summed E-state index contributed by atoms with van der Waals surface area (Å²) in [6.07, 6.45) is 5.43. The predicted octanol–water partition coefficient (Wildman–Crippen LogP) is 4.10. The van der Waals surface area contributed by atoms with Crippen molar-refractivity contribution in [2.24, 2.45) is 0 Å². The highest BCUT2D eigenvalue weighted by Gasteiger charge is 2.16. The van der Waals surface area contributed by atoms with Crippen molar-refractivity contribution in [2.75, 3.05) is 0 Å². The van der Waals surface area contributed by atoms with E-state index in [1.807, 2.05) is 0 Å². The quantitative estimate of drug-likeness (QED) is 0.411. The summed E-state index contributed by atoms with van der Waals surface area (Å²) in [5.41, 5.74) is 4.29. The molecule has 0 aliphatic rings. The van der Waals surface area contributed by atoms with Gasteiger partial charge in [-0.2, -0.15) is 0 Å². The zero-order valence-electron chi connectivity index (χ0n) is 8.60. The Kier molecular flexibility index (Phi) is 6.08. The smallest absolute Gasteiger partial charge is 0.0973 e. The van der Waals surface area contributed by atoms with Gasteiger partial charge in [0.1, 0.15) is 0 Å². The van der Waals surface area contributed by atoms with E-state index in [1.165, 1.54) is 31.7 Å². The monoisotopic (exact) mass is 182 g/mol. The minimum atomic E-state index is -1.22. The van der Waals surface area contributed by atoms with E-state index in [4.69, 9.17) is 0 Å². The van der Waals surface area contributed by atoms with Crippen LogP contribution in [0.3, 0.4) is 0 Å². The molecule has 0 aliphatic carbocycles. The van der Waals surface area contributed by atoms with Crippen molar-refractivity contribution in [1.82, 2.24) is 0 Å². The summed E-state index contributed by atoms with van der Waals surface area (Å²) < 4.78 is 0. The lowest BCUT2D eigenvalue weighted by atomic mass is 10.2. The van der Waals surface area contributed by atoms with Gasteiger partial charge in [0.05, 0.1) is 8.07 Å². The Labute approximate surface area is 78.4 Å². The molecule has 0 saturated carbocycles. The van der Waals surface area contributed by atoms with Crippen LogP contribution in [0.4, 0.5) is 0 Å². The molecular weight excluding hydrogens is 160 g/mol. The van der Waals surface area contributed by atoms with Crippen molar-refractivity contribution in [1.29, 1.82) is 0 Å². The first kappa shape index (κ1) is 11.7. The van der Waals surface area contributed by atoms with E-state index in [-0.39, 0.29) is 0 Å². The molecule has 0 nitrogen and oxygen atoms in total. The van der Waals surface area contributed by atoms with Crippen molar-refractivity contribution in [3.05, 3.63) is 24.6 Å². The molecule has 0 aromatic heterocycles. The van der Waals surface area contributed by atoms with Crippen molar-refractivity contribution in [3.63, 3.8) is 0 Å². The molecule has 0 atom stereocenters. The van der Waals surface area contributed by atoms with Gasteiger partial charge in [-0.15, -0.1) is 13.2 Å². The lowest BCUT2D eigenvalue weighted by Crippen LogP contribution is -2.23. The maximum atomic E-state index is 3.89. The zero-order chi connectivity index (χ0) is 9.45. The summed E-state index contributed by atoms with van der Waals surface area (Å²) >= 11 is 0. The van der Waals surface area contributed by atoms with Gasteiger partial charge in [0.15, 0.2) is 0 Å². The molecule has 0 radical (unpaired) electrons. The number of hydrogen-bond acceptors (Lipinski definition) is 0. The van der Waals surface area contributed by atoms with Crippen molar-refractivity contribution >= 4 is 8.07 Å². The lowest BCUT2D eigenvalue weighted by Gasteiger charge is -2.17. The van der Waals surface area contributed by atoms with Gasteiger partial charge in [-0.25, -0.2) is 0 Å². The average Bonchev–Trinajstić information content (AvgIpc) is 2.12. The minimum absolute atomic E-state index is 1.22. The van der Waals surface area contributed by atoms with E-state index in [9.17, 15) is 0 Å². The van der Waals surface area contributed by atoms with E-state index in [1.54, 1.807) is 0 Å². The van der Waals surface area contributed by atoms with Crippen LogP contribution in [0.5, 0.6) is 0 Å². The molecular formula is C11H22Si. The van der Waals surface area contributed by atoms with Crippen molar-refractivity contribution in [2.45, 2.75) is 45.2 Å². The molecule has 0 unspecified atom stereocenters. The molecule has 0 fully saturated rings. The fourth-order valence-electron chi connectivity index (χ4n) is 1.22. The summed E-state index contributed by atoms with van der Waals surface area (Å²) in [7, 11) is -1.22. The highest BCUT2D eigenvalue weighted by atomic mass is 28.3. The van der Waals surface area contributed by atoms with E-state index in [0.717, 1.165) is 0 Å². The average molecular weight is 182 g/mol. The Balaban J connectivity index is 3.58. The summed E-state index contributed by atoms with van der Waals surface area (Å²) in [6.45, 7) is 12.4. The van der Waals surface area contributed by atoms with Crippen LogP contribution < -0.4 is 0 Å². The lowest BCUT2D eigenvalue weighted by molar-refractivity contribution is 0.698. The van der Waals surface area contributed by atoms with Gasteiger partial charge in [-0.3, -0.25) is 0 Å². The fraction of sp³-hybridized carbons (Fsp3) is 0.636. The molecule has 12 heavy (non-hydrogen) atoms. The first-order valence-corrected chi connectivity index (χ1v) is 7.82. The standard InChI is InChI=1S/C11H22Si/c1-5-8-9-10-11-12(4,6-2)7-3/h6-7H,2-3,5,8-11H2,1,4H3. The Morgan fingerprint density at radius 1 is 1.08 bits per heavy atom. The number of unbranched alkanes of at least 4 members (excludes halogenated alkanes) is 3. The van der Waals surface area contributed by atoms with E-state index in [2.05, 4.69) is 38.0 Å². The van der Waals surface area contributed by atoms with Gasteiger partial charge in [0.2, 0.25) is 0 Å². The third-order valence-corrected chi connectivity index (χ3v) is 5.80. The Hall–Kier alpha value is -0.303. The molecule has 0 aliphatic heterocycles. The van der Waals surface area contributed by atoms with Gasteiger partial charge in [-0.1, -0.05) is 56.6 Å². The molecule has 0 saturated heterocycles. The molecule has 70 valence electrons. The van der Waals surface area contributed by atoms with Gasteiger partial charge in [-0.05, 0) is 0 Å². The molecule has 0 aromatic rings. The second kappa shape index (κ2) is 6.24. The Bertz CT molecular complexity index is 130. The molecule has 0 aromatic carbocycles. The SMILES string of the molecule is C=C[Si](C)(C=C)CCCCCC. The highest BCUT2D eigenvalue weighted by molar-refractivity contribution is 6.87. The third-order valence-electron chi connectivity index (χ3n) is 2.50. The molecule has 0 spiro atoms. The fourth-order valence-corrected chi connectivity index (χ4v) is 2.81. The molecule has 1 heteroatoms. The third kappa shape index (κ3) is 4.55. The summed E-state index contributed by atoms with van der Waals surface area (Å²) in [4.78, 5) is 0. The zero-order valence-corrected chi connectivity index (χ0v) is 9.60. The van der Waals surface area contributed by atoms with Crippen LogP contribution in [-0.4, -0.2) is 8.07 Å². The first-order valence-electron chi connectivity index (χ1n) is 4.95. The van der Waals surface area contributed by atoms with E-state index < -0.39 is 8.07 Å². The maximum Gasteiger partial charge on any atom is 0.0973 e. The van der Waals surface area contributed by atoms with Gasteiger partial charge in [0, 0.05) is 0 Å². The molecule has 0 amide bonds. The second-order valence-electron chi connectivity index (χ2n) is 3.72. The molecule has 0 N–H and O–H groups in total. The number of hydrogen-bond donors (Lipinski definition) is 0. The molecule has 0 heterocycles. The normalized spacial score (nSPS) is 11.2. The van der Waals surface area contributed by atoms with Crippen molar-refractivity contribution < 1.29 is 0 Å². The van der Waals surface area contributed by atoms with Gasteiger partial charge in [0.25, 0.3) is 0 Å². The second-order valence-corrected chi connectivity index (χ2v) is 8.05. The summed E-state index contributed by atoms with van der Waals surface area (Å²) in [5.74, 6) is 0. The molecule has 0 rings (SSSR count). The molecule has 0 bridgehead atoms. The van der Waals surface area contributed by atoms with Crippen LogP contribution in [0, 0.1) is 0 Å². The highest BCUT2D eigenvalue weighted by Crippen LogP contribution is 2.16. The van der Waals surface area contributed by atoms with Gasteiger partial charge >= 0.3 is 0 Å². The minimum Gasteiger partial charge on any atom is -0.107 e.